The van der Waals surface area contributed by atoms with Crippen LogP contribution in [-0.4, -0.2) is 23.2 Å². The third kappa shape index (κ3) is 2.39. The van der Waals surface area contributed by atoms with E-state index in [9.17, 15) is 9.82 Å². The Labute approximate surface area is 115 Å². The predicted octanol–water partition coefficient (Wildman–Crippen LogP) is 1.39. The van der Waals surface area contributed by atoms with Crippen LogP contribution in [0.4, 0.5) is 0 Å². The monoisotopic (exact) mass is 270 g/mol. The van der Waals surface area contributed by atoms with Gasteiger partial charge in [-0.25, -0.2) is 4.79 Å². The zero-order valence-corrected chi connectivity index (χ0v) is 10.4. The van der Waals surface area contributed by atoms with Crippen molar-refractivity contribution in [3.8, 4) is 11.5 Å². The molecule has 0 amide bonds. The summed E-state index contributed by atoms with van der Waals surface area (Å²) in [6.45, 7) is 0.380. The van der Waals surface area contributed by atoms with Crippen LogP contribution in [0.5, 0.6) is 11.5 Å². The van der Waals surface area contributed by atoms with Crippen LogP contribution in [0.1, 0.15) is 15.9 Å². The van der Waals surface area contributed by atoms with E-state index < -0.39 is 13.1 Å². The third-order valence-electron chi connectivity index (χ3n) is 3.10. The Hall–Kier alpha value is -2.31. The molecule has 0 saturated heterocycles. The van der Waals surface area contributed by atoms with Gasteiger partial charge in [-0.3, -0.25) is 0 Å². The van der Waals surface area contributed by atoms with E-state index in [-0.39, 0.29) is 5.56 Å². The van der Waals surface area contributed by atoms with Crippen molar-refractivity contribution in [2.75, 3.05) is 0 Å². The van der Waals surface area contributed by atoms with E-state index in [1.165, 1.54) is 12.1 Å². The van der Waals surface area contributed by atoms with Gasteiger partial charge in [0.05, 0.1) is 12.2 Å². The van der Waals surface area contributed by atoms with Crippen molar-refractivity contribution in [1.29, 1.82) is 0 Å². The smallest absolute Gasteiger partial charge is 0.478 e. The summed E-state index contributed by atoms with van der Waals surface area (Å²) in [7, 11) is -0.932. The number of benzene rings is 2. The molecule has 0 bridgehead atoms. The summed E-state index contributed by atoms with van der Waals surface area (Å²) >= 11 is 0. The molecular weight excluding hydrogens is 259 g/mol. The second kappa shape index (κ2) is 4.99. The standard InChI is InChI=1S/C14H11BO5/c16-14(17)9-2-1-3-11(6-9)20-12-5-4-10-8-19-15(18)13(10)7-12/h1-7,18H,8H2,(H,16,17). The summed E-state index contributed by atoms with van der Waals surface area (Å²) in [5, 5.41) is 18.6. The van der Waals surface area contributed by atoms with Gasteiger partial charge in [-0.2, -0.15) is 0 Å². The molecule has 2 aromatic rings. The number of carbonyl (C=O) groups is 1. The Morgan fingerprint density at radius 3 is 2.80 bits per heavy atom. The lowest BCUT2D eigenvalue weighted by molar-refractivity contribution is 0.0696. The molecule has 0 spiro atoms. The summed E-state index contributed by atoms with van der Waals surface area (Å²) in [5.74, 6) is -0.0534. The predicted molar refractivity (Wildman–Crippen MR) is 72.3 cm³/mol. The maximum absolute atomic E-state index is 10.9. The van der Waals surface area contributed by atoms with Gasteiger partial charge >= 0.3 is 13.1 Å². The number of hydrogen-bond acceptors (Lipinski definition) is 4. The number of ether oxygens (including phenoxy) is 1. The van der Waals surface area contributed by atoms with E-state index in [0.29, 0.717) is 23.6 Å². The van der Waals surface area contributed by atoms with Gasteiger partial charge in [-0.15, -0.1) is 0 Å². The van der Waals surface area contributed by atoms with Crippen molar-refractivity contribution in [1.82, 2.24) is 0 Å². The normalized spacial score (nSPS) is 13.2. The number of aromatic carboxylic acids is 1. The summed E-state index contributed by atoms with van der Waals surface area (Å²) < 4.78 is 10.7. The molecule has 1 aliphatic heterocycles. The Kier molecular flexibility index (Phi) is 3.18. The van der Waals surface area contributed by atoms with E-state index in [2.05, 4.69) is 0 Å². The molecule has 0 radical (unpaired) electrons. The average molecular weight is 270 g/mol. The Morgan fingerprint density at radius 1 is 1.20 bits per heavy atom. The van der Waals surface area contributed by atoms with Crippen molar-refractivity contribution in [2.24, 2.45) is 0 Å². The Bertz CT molecular complexity index is 670. The number of carboxylic acid groups (broad SMARTS) is 1. The van der Waals surface area contributed by atoms with Crippen molar-refractivity contribution < 1.29 is 24.3 Å². The average Bonchev–Trinajstić information content (AvgIpc) is 2.81. The Balaban J connectivity index is 1.86. The van der Waals surface area contributed by atoms with Crippen LogP contribution in [0.3, 0.4) is 0 Å². The summed E-state index contributed by atoms with van der Waals surface area (Å²) in [4.78, 5) is 10.9. The van der Waals surface area contributed by atoms with Crippen molar-refractivity contribution in [2.45, 2.75) is 6.61 Å². The van der Waals surface area contributed by atoms with Crippen LogP contribution in [0, 0.1) is 0 Å². The largest absolute Gasteiger partial charge is 0.491 e. The van der Waals surface area contributed by atoms with Crippen molar-refractivity contribution in [3.63, 3.8) is 0 Å². The van der Waals surface area contributed by atoms with Gasteiger partial charge in [0.15, 0.2) is 0 Å². The molecule has 2 aromatic carbocycles. The number of carboxylic acids is 1. The second-order valence-electron chi connectivity index (χ2n) is 4.46. The molecule has 3 rings (SSSR count). The number of rotatable bonds is 3. The molecule has 2 N–H and O–H groups in total. The summed E-state index contributed by atoms with van der Waals surface area (Å²) in [6.07, 6.45) is 0. The van der Waals surface area contributed by atoms with E-state index in [4.69, 9.17) is 14.5 Å². The molecule has 5 nitrogen and oxygen atoms in total. The van der Waals surface area contributed by atoms with Crippen molar-refractivity contribution in [3.05, 3.63) is 53.6 Å². The topological polar surface area (TPSA) is 76.0 Å². The van der Waals surface area contributed by atoms with Gasteiger partial charge in [0, 0.05) is 0 Å². The SMILES string of the molecule is O=C(O)c1cccc(Oc2ccc3c(c2)B(O)OC3)c1. The van der Waals surface area contributed by atoms with Gasteiger partial charge < -0.3 is 19.5 Å². The number of hydrogen-bond donors (Lipinski definition) is 2. The van der Waals surface area contributed by atoms with Crippen LogP contribution in [0.25, 0.3) is 0 Å². The third-order valence-corrected chi connectivity index (χ3v) is 3.10. The Morgan fingerprint density at radius 2 is 2.00 bits per heavy atom. The molecule has 0 aromatic heterocycles. The quantitative estimate of drug-likeness (QED) is 0.824. The lowest BCUT2D eigenvalue weighted by Crippen LogP contribution is -2.27. The van der Waals surface area contributed by atoms with E-state index in [1.54, 1.807) is 24.3 Å². The van der Waals surface area contributed by atoms with Crippen LogP contribution in [-0.2, 0) is 11.3 Å². The molecule has 20 heavy (non-hydrogen) atoms. The molecule has 1 heterocycles. The first kappa shape index (κ1) is 12.7. The fourth-order valence-corrected chi connectivity index (χ4v) is 2.09. The molecule has 0 saturated carbocycles. The molecule has 1 aliphatic rings. The first-order chi connectivity index (χ1) is 9.63. The van der Waals surface area contributed by atoms with E-state index in [1.807, 2.05) is 6.07 Å². The van der Waals surface area contributed by atoms with Crippen LogP contribution < -0.4 is 10.2 Å². The van der Waals surface area contributed by atoms with Gasteiger partial charge in [0.2, 0.25) is 0 Å². The molecule has 6 heteroatoms. The van der Waals surface area contributed by atoms with E-state index >= 15 is 0 Å². The first-order valence-electron chi connectivity index (χ1n) is 6.07. The summed E-state index contributed by atoms with van der Waals surface area (Å²) in [5.41, 5.74) is 1.76. The van der Waals surface area contributed by atoms with Crippen LogP contribution >= 0.6 is 0 Å². The molecule has 0 atom stereocenters. The van der Waals surface area contributed by atoms with Gasteiger partial charge in [0.25, 0.3) is 0 Å². The minimum absolute atomic E-state index is 0.159. The number of fused-ring (bicyclic) bond motifs is 1. The zero-order valence-electron chi connectivity index (χ0n) is 10.4. The van der Waals surface area contributed by atoms with Gasteiger partial charge in [0.1, 0.15) is 11.5 Å². The highest BCUT2D eigenvalue weighted by Crippen LogP contribution is 2.23. The minimum atomic E-state index is -1.01. The molecular formula is C14H11BO5. The maximum atomic E-state index is 10.9. The van der Waals surface area contributed by atoms with Crippen molar-refractivity contribution >= 4 is 18.6 Å². The van der Waals surface area contributed by atoms with Crippen LogP contribution in [0.15, 0.2) is 42.5 Å². The molecule has 0 unspecified atom stereocenters. The first-order valence-corrected chi connectivity index (χ1v) is 6.07. The molecule has 0 fully saturated rings. The van der Waals surface area contributed by atoms with Gasteiger partial charge in [-0.1, -0.05) is 12.1 Å². The van der Waals surface area contributed by atoms with E-state index in [0.717, 1.165) is 5.56 Å². The fourth-order valence-electron chi connectivity index (χ4n) is 2.09. The zero-order chi connectivity index (χ0) is 14.1. The van der Waals surface area contributed by atoms with Gasteiger partial charge in [-0.05, 0) is 41.4 Å². The molecule has 0 aliphatic carbocycles. The lowest BCUT2D eigenvalue weighted by Gasteiger charge is -2.08. The minimum Gasteiger partial charge on any atom is -0.478 e. The summed E-state index contributed by atoms with van der Waals surface area (Å²) in [6, 6.07) is 11.5. The fraction of sp³-hybridized carbons (Fsp3) is 0.0714. The highest BCUT2D eigenvalue weighted by atomic mass is 16.5. The maximum Gasteiger partial charge on any atom is 0.491 e. The van der Waals surface area contributed by atoms with Crippen LogP contribution in [0.2, 0.25) is 0 Å². The molecule has 100 valence electrons. The highest BCUT2D eigenvalue weighted by Gasteiger charge is 2.27. The lowest BCUT2D eigenvalue weighted by atomic mass is 9.79. The second-order valence-corrected chi connectivity index (χ2v) is 4.46. The highest BCUT2D eigenvalue weighted by molar-refractivity contribution is 6.61.